The first-order chi connectivity index (χ1) is 10.8. The molecular weight excluding hydrogens is 266 g/mol. The van der Waals surface area contributed by atoms with Gasteiger partial charge in [-0.15, -0.1) is 0 Å². The Morgan fingerprint density at radius 2 is 1.32 bits per heavy atom. The van der Waals surface area contributed by atoms with Crippen molar-refractivity contribution in [3.8, 4) is 0 Å². The third kappa shape index (κ3) is 3.30. The Morgan fingerprint density at radius 1 is 0.864 bits per heavy atom. The predicted molar refractivity (Wildman–Crippen MR) is 97.7 cm³/mol. The topological polar surface area (TPSA) is 3.24 Å². The van der Waals surface area contributed by atoms with E-state index in [2.05, 4.69) is 98.1 Å². The Kier molecular flexibility index (Phi) is 5.60. The molecular formula is C21H25N. The van der Waals surface area contributed by atoms with E-state index in [1.165, 1.54) is 11.4 Å². The molecule has 114 valence electrons. The van der Waals surface area contributed by atoms with Crippen molar-refractivity contribution in [2.45, 2.75) is 32.2 Å². The van der Waals surface area contributed by atoms with Crippen LogP contribution in [0.4, 0.5) is 11.4 Å². The summed E-state index contributed by atoms with van der Waals surface area (Å²) in [5.41, 5.74) is 2.37. The SMILES string of the molecule is C=C/C=C/C(CC)(CC)N(c1ccccc1)c1ccccc1. The maximum atomic E-state index is 3.83. The Bertz CT molecular complexity index is 555. The molecule has 0 fully saturated rings. The number of allylic oxidation sites excluding steroid dienone is 2. The van der Waals surface area contributed by atoms with Crippen LogP contribution in [0.5, 0.6) is 0 Å². The summed E-state index contributed by atoms with van der Waals surface area (Å²) in [5.74, 6) is 0. The van der Waals surface area contributed by atoms with Crippen molar-refractivity contribution < 1.29 is 0 Å². The highest BCUT2D eigenvalue weighted by Crippen LogP contribution is 2.38. The summed E-state index contributed by atoms with van der Waals surface area (Å²) in [6.07, 6.45) is 8.25. The van der Waals surface area contributed by atoms with Gasteiger partial charge in [0.15, 0.2) is 0 Å². The highest BCUT2D eigenvalue weighted by atomic mass is 15.2. The number of rotatable bonds is 7. The van der Waals surface area contributed by atoms with Crippen LogP contribution in [0.15, 0.2) is 85.5 Å². The molecule has 2 aromatic carbocycles. The van der Waals surface area contributed by atoms with E-state index in [1.807, 2.05) is 6.08 Å². The molecule has 1 heteroatoms. The first-order valence-corrected chi connectivity index (χ1v) is 7.98. The molecule has 0 atom stereocenters. The second-order valence-corrected chi connectivity index (χ2v) is 5.41. The van der Waals surface area contributed by atoms with Crippen LogP contribution in [0, 0.1) is 0 Å². The molecule has 0 saturated carbocycles. The van der Waals surface area contributed by atoms with Gasteiger partial charge in [0, 0.05) is 11.4 Å². The fourth-order valence-electron chi connectivity index (χ4n) is 2.94. The molecule has 0 aliphatic heterocycles. The molecule has 0 saturated heterocycles. The number of benzene rings is 2. The van der Waals surface area contributed by atoms with Crippen molar-refractivity contribution in [2.75, 3.05) is 4.90 Å². The highest BCUT2D eigenvalue weighted by Gasteiger charge is 2.32. The first kappa shape index (κ1) is 16.1. The largest absolute Gasteiger partial charge is 0.332 e. The fraction of sp³-hybridized carbons (Fsp3) is 0.238. The molecule has 0 radical (unpaired) electrons. The van der Waals surface area contributed by atoms with Gasteiger partial charge in [-0.3, -0.25) is 0 Å². The van der Waals surface area contributed by atoms with E-state index in [0.717, 1.165) is 12.8 Å². The van der Waals surface area contributed by atoms with E-state index < -0.39 is 0 Å². The number of hydrogen-bond donors (Lipinski definition) is 0. The van der Waals surface area contributed by atoms with E-state index >= 15 is 0 Å². The number of anilines is 2. The molecule has 0 amide bonds. The Hall–Kier alpha value is -2.28. The Morgan fingerprint density at radius 3 is 1.68 bits per heavy atom. The average molecular weight is 291 g/mol. The van der Waals surface area contributed by atoms with Crippen LogP contribution in [0.25, 0.3) is 0 Å². The van der Waals surface area contributed by atoms with E-state index in [0.29, 0.717) is 0 Å². The van der Waals surface area contributed by atoms with Gasteiger partial charge in [-0.05, 0) is 37.1 Å². The normalized spacial score (nSPS) is 11.5. The van der Waals surface area contributed by atoms with Gasteiger partial charge < -0.3 is 4.90 Å². The zero-order chi connectivity index (χ0) is 15.8. The van der Waals surface area contributed by atoms with Crippen molar-refractivity contribution in [3.05, 3.63) is 85.5 Å². The Balaban J connectivity index is 2.61. The lowest BCUT2D eigenvalue weighted by molar-refractivity contribution is 0.481. The van der Waals surface area contributed by atoms with Gasteiger partial charge in [0.25, 0.3) is 0 Å². The van der Waals surface area contributed by atoms with Crippen LogP contribution in [-0.2, 0) is 0 Å². The summed E-state index contributed by atoms with van der Waals surface area (Å²) in [5, 5.41) is 0. The predicted octanol–water partition coefficient (Wildman–Crippen LogP) is 6.13. The van der Waals surface area contributed by atoms with Crippen LogP contribution < -0.4 is 4.90 Å². The van der Waals surface area contributed by atoms with E-state index in [9.17, 15) is 0 Å². The third-order valence-corrected chi connectivity index (χ3v) is 4.24. The summed E-state index contributed by atoms with van der Waals surface area (Å²) in [6, 6.07) is 21.2. The van der Waals surface area contributed by atoms with E-state index in [4.69, 9.17) is 0 Å². The zero-order valence-corrected chi connectivity index (χ0v) is 13.6. The number of nitrogens with zero attached hydrogens (tertiary/aromatic N) is 1. The maximum Gasteiger partial charge on any atom is 0.0631 e. The summed E-state index contributed by atoms with van der Waals surface area (Å²) >= 11 is 0. The molecule has 0 aliphatic rings. The minimum atomic E-state index is -0.0586. The van der Waals surface area contributed by atoms with Gasteiger partial charge in [-0.1, -0.05) is 75.1 Å². The number of para-hydroxylation sites is 2. The van der Waals surface area contributed by atoms with Gasteiger partial charge in [-0.2, -0.15) is 0 Å². The number of hydrogen-bond acceptors (Lipinski definition) is 1. The van der Waals surface area contributed by atoms with Crippen LogP contribution in [-0.4, -0.2) is 5.54 Å². The van der Waals surface area contributed by atoms with Gasteiger partial charge >= 0.3 is 0 Å². The molecule has 22 heavy (non-hydrogen) atoms. The van der Waals surface area contributed by atoms with Gasteiger partial charge in [0.05, 0.1) is 5.54 Å². The van der Waals surface area contributed by atoms with Gasteiger partial charge in [-0.25, -0.2) is 0 Å². The van der Waals surface area contributed by atoms with Crippen LogP contribution in [0.3, 0.4) is 0 Å². The monoisotopic (exact) mass is 291 g/mol. The second-order valence-electron chi connectivity index (χ2n) is 5.41. The summed E-state index contributed by atoms with van der Waals surface area (Å²) < 4.78 is 0. The van der Waals surface area contributed by atoms with Crippen molar-refractivity contribution in [3.63, 3.8) is 0 Å². The van der Waals surface area contributed by atoms with Gasteiger partial charge in [0.1, 0.15) is 0 Å². The molecule has 0 N–H and O–H groups in total. The lowest BCUT2D eigenvalue weighted by Crippen LogP contribution is -2.43. The maximum absolute atomic E-state index is 3.83. The van der Waals surface area contributed by atoms with Crippen LogP contribution in [0.1, 0.15) is 26.7 Å². The standard InChI is InChI=1S/C21H25N/c1-4-7-18-21(5-2,6-3)22(19-14-10-8-11-15-19)20-16-12-9-13-17-20/h4,7-18H,1,5-6H2,2-3H3/b18-7+. The Labute approximate surface area is 134 Å². The molecule has 2 aromatic rings. The van der Waals surface area contributed by atoms with Crippen LogP contribution >= 0.6 is 0 Å². The van der Waals surface area contributed by atoms with E-state index in [-0.39, 0.29) is 5.54 Å². The molecule has 1 nitrogen and oxygen atoms in total. The second kappa shape index (κ2) is 7.65. The smallest absolute Gasteiger partial charge is 0.0631 e. The molecule has 0 unspecified atom stereocenters. The lowest BCUT2D eigenvalue weighted by Gasteiger charge is -2.43. The van der Waals surface area contributed by atoms with Crippen molar-refractivity contribution >= 4 is 11.4 Å². The molecule has 0 heterocycles. The summed E-state index contributed by atoms with van der Waals surface area (Å²) in [6.45, 7) is 8.32. The van der Waals surface area contributed by atoms with Crippen LogP contribution in [0.2, 0.25) is 0 Å². The lowest BCUT2D eigenvalue weighted by atomic mass is 9.88. The first-order valence-electron chi connectivity index (χ1n) is 7.98. The third-order valence-electron chi connectivity index (χ3n) is 4.24. The molecule has 0 aromatic heterocycles. The summed E-state index contributed by atoms with van der Waals surface area (Å²) in [4.78, 5) is 2.44. The fourth-order valence-corrected chi connectivity index (χ4v) is 2.94. The van der Waals surface area contributed by atoms with Crippen molar-refractivity contribution in [1.29, 1.82) is 0 Å². The van der Waals surface area contributed by atoms with Crippen molar-refractivity contribution in [2.24, 2.45) is 0 Å². The minimum Gasteiger partial charge on any atom is -0.332 e. The summed E-state index contributed by atoms with van der Waals surface area (Å²) in [7, 11) is 0. The highest BCUT2D eigenvalue weighted by molar-refractivity contribution is 5.66. The average Bonchev–Trinajstić information content (AvgIpc) is 2.60. The molecule has 0 spiro atoms. The molecule has 0 bridgehead atoms. The van der Waals surface area contributed by atoms with E-state index in [1.54, 1.807) is 0 Å². The quantitative estimate of drug-likeness (QED) is 0.555. The van der Waals surface area contributed by atoms with Gasteiger partial charge in [0.2, 0.25) is 0 Å². The molecule has 2 rings (SSSR count). The zero-order valence-electron chi connectivity index (χ0n) is 13.6. The van der Waals surface area contributed by atoms with Crippen molar-refractivity contribution in [1.82, 2.24) is 0 Å². The minimum absolute atomic E-state index is 0.0586. The molecule has 0 aliphatic carbocycles.